The van der Waals surface area contributed by atoms with Gasteiger partial charge in [0.15, 0.2) is 5.58 Å². The van der Waals surface area contributed by atoms with Crippen molar-refractivity contribution in [3.8, 4) is 16.8 Å². The Labute approximate surface area is 223 Å². The van der Waals surface area contributed by atoms with E-state index in [0.717, 1.165) is 71.7 Å². The van der Waals surface area contributed by atoms with E-state index in [-0.39, 0.29) is 0 Å². The zero-order valence-electron chi connectivity index (χ0n) is 20.9. The lowest BCUT2D eigenvalue weighted by Crippen LogP contribution is -1.93. The Morgan fingerprint density at radius 3 is 2.15 bits per heavy atom. The molecule has 0 aliphatic carbocycles. The summed E-state index contributed by atoms with van der Waals surface area (Å²) in [5.74, 6) is 0. The first kappa shape index (κ1) is 20.7. The lowest BCUT2D eigenvalue weighted by atomic mass is 9.99. The first-order valence-corrected chi connectivity index (χ1v) is 13.2. The van der Waals surface area contributed by atoms with E-state index in [1.54, 1.807) is 0 Å². The van der Waals surface area contributed by atoms with Crippen LogP contribution in [0.1, 0.15) is 0 Å². The van der Waals surface area contributed by atoms with Crippen LogP contribution in [0, 0.1) is 0 Å². The predicted molar refractivity (Wildman–Crippen MR) is 161 cm³/mol. The minimum absolute atomic E-state index is 0.879. The highest BCUT2D eigenvalue weighted by Crippen LogP contribution is 2.43. The SMILES string of the molecule is c1ccc(-n2c3ccccc3c3oc4cccc(-c5ccc6c(c5)oc5cc7ccccc7cc56)c4c32)cc1. The van der Waals surface area contributed by atoms with Gasteiger partial charge in [0.05, 0.1) is 10.9 Å². The van der Waals surface area contributed by atoms with Crippen LogP contribution in [0.5, 0.6) is 0 Å². The molecule has 0 unspecified atom stereocenters. The van der Waals surface area contributed by atoms with Crippen molar-refractivity contribution in [2.75, 3.05) is 0 Å². The maximum atomic E-state index is 6.57. The number of fused-ring (bicyclic) bond motifs is 9. The number of aromatic nitrogens is 1. The number of furan rings is 2. The lowest BCUT2D eigenvalue weighted by molar-refractivity contribution is 0.669. The van der Waals surface area contributed by atoms with Crippen LogP contribution in [0.25, 0.3) is 82.5 Å². The van der Waals surface area contributed by atoms with Gasteiger partial charge in [0.2, 0.25) is 0 Å². The van der Waals surface area contributed by atoms with E-state index < -0.39 is 0 Å². The molecule has 0 aliphatic heterocycles. The summed E-state index contributed by atoms with van der Waals surface area (Å²) < 4.78 is 15.3. The van der Waals surface area contributed by atoms with Gasteiger partial charge in [-0.3, -0.25) is 0 Å². The number of hydrogen-bond acceptors (Lipinski definition) is 2. The molecule has 3 nitrogen and oxygen atoms in total. The second-order valence-electron chi connectivity index (χ2n) is 10.2. The predicted octanol–water partition coefficient (Wildman–Crippen LogP) is 10.2. The molecule has 9 aromatic rings. The van der Waals surface area contributed by atoms with Crippen molar-refractivity contribution >= 4 is 65.7 Å². The van der Waals surface area contributed by atoms with Crippen molar-refractivity contribution in [2.45, 2.75) is 0 Å². The summed E-state index contributed by atoms with van der Waals surface area (Å²) in [7, 11) is 0. The Bertz CT molecular complexity index is 2390. The molecule has 0 saturated heterocycles. The summed E-state index contributed by atoms with van der Waals surface area (Å²) in [5.41, 5.74) is 9.14. The largest absolute Gasteiger partial charge is 0.456 e. The van der Waals surface area contributed by atoms with Crippen molar-refractivity contribution < 1.29 is 8.83 Å². The van der Waals surface area contributed by atoms with E-state index >= 15 is 0 Å². The molecule has 0 radical (unpaired) electrons. The molecule has 0 aliphatic rings. The average molecular weight is 500 g/mol. The Morgan fingerprint density at radius 1 is 0.487 bits per heavy atom. The van der Waals surface area contributed by atoms with Crippen LogP contribution in [0.15, 0.2) is 136 Å². The Kier molecular flexibility index (Phi) is 4.05. The van der Waals surface area contributed by atoms with Crippen LogP contribution in [0.3, 0.4) is 0 Å². The van der Waals surface area contributed by atoms with Crippen LogP contribution >= 0.6 is 0 Å². The lowest BCUT2D eigenvalue weighted by Gasteiger charge is -2.09. The third kappa shape index (κ3) is 2.87. The van der Waals surface area contributed by atoms with Crippen molar-refractivity contribution in [3.05, 3.63) is 127 Å². The number of rotatable bonds is 2. The van der Waals surface area contributed by atoms with Gasteiger partial charge < -0.3 is 13.4 Å². The van der Waals surface area contributed by atoms with Crippen molar-refractivity contribution in [2.24, 2.45) is 0 Å². The molecule has 0 N–H and O–H groups in total. The zero-order valence-corrected chi connectivity index (χ0v) is 20.9. The van der Waals surface area contributed by atoms with Gasteiger partial charge in [-0.15, -0.1) is 0 Å². The summed E-state index contributed by atoms with van der Waals surface area (Å²) in [4.78, 5) is 0. The quantitative estimate of drug-likeness (QED) is 0.237. The van der Waals surface area contributed by atoms with Crippen molar-refractivity contribution in [1.29, 1.82) is 0 Å². The summed E-state index contributed by atoms with van der Waals surface area (Å²) in [6.45, 7) is 0. The molecule has 0 saturated carbocycles. The molecule has 0 spiro atoms. The standard InChI is InChI=1S/C36H21NO2/c1-2-11-25(12-3-1)37-30-15-7-6-13-28(30)36-35(37)34-26(14-8-16-31(34)39-36)24-17-18-27-29-19-22-9-4-5-10-23(22)20-33(29)38-32(27)21-24/h1-21H. The molecule has 182 valence electrons. The summed E-state index contributed by atoms with van der Waals surface area (Å²) >= 11 is 0. The fourth-order valence-corrected chi connectivity index (χ4v) is 6.22. The molecule has 3 heteroatoms. The number of hydrogen-bond donors (Lipinski definition) is 0. The number of para-hydroxylation sites is 2. The maximum absolute atomic E-state index is 6.57. The molecule has 0 fully saturated rings. The molecular formula is C36H21NO2. The zero-order chi connectivity index (χ0) is 25.5. The van der Waals surface area contributed by atoms with Crippen LogP contribution < -0.4 is 0 Å². The van der Waals surface area contributed by atoms with E-state index in [0.29, 0.717) is 0 Å². The third-order valence-electron chi connectivity index (χ3n) is 7.97. The molecule has 3 aromatic heterocycles. The van der Waals surface area contributed by atoms with Gasteiger partial charge in [0.25, 0.3) is 0 Å². The Balaban J connectivity index is 1.36. The van der Waals surface area contributed by atoms with Gasteiger partial charge >= 0.3 is 0 Å². The molecule has 0 atom stereocenters. The minimum atomic E-state index is 0.879. The first-order chi connectivity index (χ1) is 19.3. The Morgan fingerprint density at radius 2 is 1.26 bits per heavy atom. The van der Waals surface area contributed by atoms with Crippen LogP contribution in [-0.4, -0.2) is 4.57 Å². The van der Waals surface area contributed by atoms with E-state index in [1.165, 1.54) is 10.8 Å². The number of benzene rings is 6. The normalized spacial score (nSPS) is 12.1. The molecular weight excluding hydrogens is 478 g/mol. The van der Waals surface area contributed by atoms with Crippen molar-refractivity contribution in [3.63, 3.8) is 0 Å². The minimum Gasteiger partial charge on any atom is -0.456 e. The maximum Gasteiger partial charge on any atom is 0.161 e. The molecule has 6 aromatic carbocycles. The highest BCUT2D eigenvalue weighted by Gasteiger charge is 2.22. The van der Waals surface area contributed by atoms with Gasteiger partial charge in [0.1, 0.15) is 22.3 Å². The summed E-state index contributed by atoms with van der Waals surface area (Å²) in [5, 5.41) is 6.89. The van der Waals surface area contributed by atoms with E-state index in [4.69, 9.17) is 8.83 Å². The molecule has 3 heterocycles. The van der Waals surface area contributed by atoms with E-state index in [9.17, 15) is 0 Å². The second-order valence-corrected chi connectivity index (χ2v) is 10.2. The summed E-state index contributed by atoms with van der Waals surface area (Å²) in [6.07, 6.45) is 0. The van der Waals surface area contributed by atoms with Crippen LogP contribution in [0.2, 0.25) is 0 Å². The van der Waals surface area contributed by atoms with Crippen LogP contribution in [-0.2, 0) is 0 Å². The first-order valence-electron chi connectivity index (χ1n) is 13.2. The molecule has 39 heavy (non-hydrogen) atoms. The second kappa shape index (κ2) is 7.62. The van der Waals surface area contributed by atoms with E-state index in [1.807, 2.05) is 0 Å². The van der Waals surface area contributed by atoms with Gasteiger partial charge in [0, 0.05) is 21.8 Å². The fraction of sp³-hybridized carbons (Fsp3) is 0. The highest BCUT2D eigenvalue weighted by molar-refractivity contribution is 6.20. The smallest absolute Gasteiger partial charge is 0.161 e. The van der Waals surface area contributed by atoms with Crippen molar-refractivity contribution in [1.82, 2.24) is 4.57 Å². The average Bonchev–Trinajstić information content (AvgIpc) is 3.64. The topological polar surface area (TPSA) is 31.2 Å². The molecule has 0 bridgehead atoms. The third-order valence-corrected chi connectivity index (χ3v) is 7.97. The van der Waals surface area contributed by atoms with Gasteiger partial charge in [-0.2, -0.15) is 0 Å². The van der Waals surface area contributed by atoms with Gasteiger partial charge in [-0.05, 0) is 76.5 Å². The molecule has 0 amide bonds. The monoisotopic (exact) mass is 499 g/mol. The Hall–Kier alpha value is -5.28. The highest BCUT2D eigenvalue weighted by atomic mass is 16.3. The number of nitrogens with zero attached hydrogens (tertiary/aromatic N) is 1. The van der Waals surface area contributed by atoms with E-state index in [2.05, 4.69) is 132 Å². The fourth-order valence-electron chi connectivity index (χ4n) is 6.22. The summed E-state index contributed by atoms with van der Waals surface area (Å²) in [6, 6.07) is 44.7. The van der Waals surface area contributed by atoms with Crippen LogP contribution in [0.4, 0.5) is 0 Å². The van der Waals surface area contributed by atoms with Gasteiger partial charge in [-0.1, -0.05) is 72.8 Å². The van der Waals surface area contributed by atoms with Gasteiger partial charge in [-0.25, -0.2) is 0 Å². The molecule has 9 rings (SSSR count).